The molecule has 3 rings (SSSR count). The molecule has 144 valence electrons. The van der Waals surface area contributed by atoms with E-state index in [0.717, 1.165) is 22.4 Å². The van der Waals surface area contributed by atoms with Crippen LogP contribution in [0.2, 0.25) is 0 Å². The van der Waals surface area contributed by atoms with E-state index in [-0.39, 0.29) is 5.91 Å². The monoisotopic (exact) mass is 374 g/mol. The Bertz CT molecular complexity index is 918. The molecule has 0 heterocycles. The van der Waals surface area contributed by atoms with E-state index >= 15 is 0 Å². The summed E-state index contributed by atoms with van der Waals surface area (Å²) >= 11 is 0. The molecule has 2 N–H and O–H groups in total. The summed E-state index contributed by atoms with van der Waals surface area (Å²) in [6, 6.07) is 22.9. The van der Waals surface area contributed by atoms with Crippen LogP contribution in [-0.2, 0) is 4.79 Å². The number of hydrogen-bond donors (Lipinski definition) is 2. The van der Waals surface area contributed by atoms with Gasteiger partial charge in [0.05, 0.1) is 12.3 Å². The van der Waals surface area contributed by atoms with Gasteiger partial charge in [-0.3, -0.25) is 4.79 Å². The van der Waals surface area contributed by atoms with E-state index < -0.39 is 6.04 Å². The third-order valence-electron chi connectivity index (χ3n) is 4.37. The lowest BCUT2D eigenvalue weighted by molar-refractivity contribution is -0.117. The highest BCUT2D eigenvalue weighted by molar-refractivity contribution is 5.98. The van der Waals surface area contributed by atoms with Gasteiger partial charge >= 0.3 is 0 Å². The number of hydrogen-bond acceptors (Lipinski definition) is 3. The molecule has 0 bridgehead atoms. The number of anilines is 2. The molecule has 4 heteroatoms. The fourth-order valence-corrected chi connectivity index (χ4v) is 3.23. The second-order valence-electron chi connectivity index (χ2n) is 6.78. The first kappa shape index (κ1) is 19.5. The van der Waals surface area contributed by atoms with Gasteiger partial charge < -0.3 is 15.4 Å². The molecule has 0 saturated heterocycles. The van der Waals surface area contributed by atoms with Gasteiger partial charge in [0.1, 0.15) is 11.8 Å². The molecule has 28 heavy (non-hydrogen) atoms. The summed E-state index contributed by atoms with van der Waals surface area (Å²) in [5.74, 6) is 0.522. The Morgan fingerprint density at radius 3 is 2.25 bits per heavy atom. The number of para-hydroxylation sites is 2. The third-order valence-corrected chi connectivity index (χ3v) is 4.37. The summed E-state index contributed by atoms with van der Waals surface area (Å²) < 4.78 is 5.64. The molecular weight excluding hydrogens is 348 g/mol. The maximum Gasteiger partial charge on any atom is 0.251 e. The minimum absolute atomic E-state index is 0.141. The van der Waals surface area contributed by atoms with Crippen LogP contribution in [0.1, 0.15) is 29.7 Å². The molecule has 3 aromatic rings. The smallest absolute Gasteiger partial charge is 0.251 e. The highest BCUT2D eigenvalue weighted by atomic mass is 16.5. The minimum atomic E-state index is -0.530. The van der Waals surface area contributed by atoms with Crippen LogP contribution in [0.5, 0.6) is 5.75 Å². The molecule has 0 aromatic heterocycles. The van der Waals surface area contributed by atoms with Gasteiger partial charge in [-0.15, -0.1) is 0 Å². The summed E-state index contributed by atoms with van der Waals surface area (Å²) in [7, 11) is 0. The van der Waals surface area contributed by atoms with Crippen LogP contribution in [0.25, 0.3) is 0 Å². The topological polar surface area (TPSA) is 50.4 Å². The van der Waals surface area contributed by atoms with E-state index in [1.54, 1.807) is 0 Å². The van der Waals surface area contributed by atoms with Gasteiger partial charge in [-0.2, -0.15) is 0 Å². The maximum absolute atomic E-state index is 13.2. The van der Waals surface area contributed by atoms with Crippen LogP contribution in [0.3, 0.4) is 0 Å². The zero-order valence-corrected chi connectivity index (χ0v) is 16.5. The van der Waals surface area contributed by atoms with Crippen LogP contribution in [0.4, 0.5) is 11.4 Å². The van der Waals surface area contributed by atoms with Gasteiger partial charge in [0.15, 0.2) is 0 Å². The van der Waals surface area contributed by atoms with Crippen molar-refractivity contribution in [2.24, 2.45) is 0 Å². The number of rotatable bonds is 7. The molecule has 3 aromatic carbocycles. The van der Waals surface area contributed by atoms with Gasteiger partial charge in [-0.1, -0.05) is 48.5 Å². The van der Waals surface area contributed by atoms with E-state index in [2.05, 4.69) is 16.7 Å². The molecule has 0 saturated carbocycles. The molecule has 4 nitrogen and oxygen atoms in total. The van der Waals surface area contributed by atoms with Crippen LogP contribution in [0, 0.1) is 13.8 Å². The van der Waals surface area contributed by atoms with Crippen molar-refractivity contribution in [3.8, 4) is 5.75 Å². The van der Waals surface area contributed by atoms with E-state index in [1.165, 1.54) is 0 Å². The highest BCUT2D eigenvalue weighted by Crippen LogP contribution is 2.27. The largest absolute Gasteiger partial charge is 0.492 e. The highest BCUT2D eigenvalue weighted by Gasteiger charge is 2.22. The van der Waals surface area contributed by atoms with Crippen molar-refractivity contribution in [1.82, 2.24) is 0 Å². The van der Waals surface area contributed by atoms with Gasteiger partial charge in [0.2, 0.25) is 0 Å². The first-order valence-electron chi connectivity index (χ1n) is 9.49. The summed E-state index contributed by atoms with van der Waals surface area (Å²) in [6.45, 7) is 6.56. The Balaban J connectivity index is 1.90. The number of ether oxygens (including phenoxy) is 1. The summed E-state index contributed by atoms with van der Waals surface area (Å²) in [6.07, 6.45) is 0. The molecular formula is C24H26N2O2. The van der Waals surface area contributed by atoms with Crippen LogP contribution in [0.15, 0.2) is 72.8 Å². The van der Waals surface area contributed by atoms with Crippen molar-refractivity contribution < 1.29 is 9.53 Å². The Hall–Kier alpha value is -3.27. The maximum atomic E-state index is 13.2. The first-order chi connectivity index (χ1) is 13.6. The standard InChI is InChI=1S/C24H26N2O2/c1-4-28-22-13-9-8-12-21(22)26-24(27)23(19-10-6-5-7-11-19)25-20-15-17(2)14-18(3)16-20/h5-16,23,25H,4H2,1-3H3,(H,26,27)/t23-/m1/s1. The Morgan fingerprint density at radius 1 is 0.929 bits per heavy atom. The summed E-state index contributed by atoms with van der Waals surface area (Å²) in [5, 5.41) is 6.41. The number of nitrogens with one attached hydrogen (secondary N) is 2. The molecule has 0 aliphatic rings. The Morgan fingerprint density at radius 2 is 1.57 bits per heavy atom. The molecule has 0 unspecified atom stereocenters. The Kier molecular flexibility index (Phi) is 6.33. The van der Waals surface area contributed by atoms with Crippen LogP contribution < -0.4 is 15.4 Å². The molecule has 0 spiro atoms. The molecule has 0 radical (unpaired) electrons. The second-order valence-corrected chi connectivity index (χ2v) is 6.78. The zero-order chi connectivity index (χ0) is 19.9. The Labute approximate surface area is 166 Å². The average Bonchev–Trinajstić information content (AvgIpc) is 2.68. The van der Waals surface area contributed by atoms with E-state index in [1.807, 2.05) is 87.5 Å². The lowest BCUT2D eigenvalue weighted by atomic mass is 10.0. The average molecular weight is 374 g/mol. The predicted octanol–water partition coefficient (Wildman–Crippen LogP) is 5.49. The quantitative estimate of drug-likeness (QED) is 0.574. The molecule has 1 atom stereocenters. The van der Waals surface area contributed by atoms with Crippen molar-refractivity contribution in [2.45, 2.75) is 26.8 Å². The van der Waals surface area contributed by atoms with Crippen molar-refractivity contribution in [2.75, 3.05) is 17.2 Å². The zero-order valence-electron chi connectivity index (χ0n) is 16.5. The number of amides is 1. The summed E-state index contributed by atoms with van der Waals surface area (Å²) in [4.78, 5) is 13.2. The normalized spacial score (nSPS) is 11.5. The summed E-state index contributed by atoms with van der Waals surface area (Å²) in [5.41, 5.74) is 4.78. The molecule has 0 aliphatic heterocycles. The molecule has 0 fully saturated rings. The van der Waals surface area contributed by atoms with Crippen molar-refractivity contribution in [1.29, 1.82) is 0 Å². The van der Waals surface area contributed by atoms with Crippen molar-refractivity contribution in [3.05, 3.63) is 89.5 Å². The third kappa shape index (κ3) is 4.92. The first-order valence-corrected chi connectivity index (χ1v) is 9.49. The fraction of sp³-hybridized carbons (Fsp3) is 0.208. The SMILES string of the molecule is CCOc1ccccc1NC(=O)[C@H](Nc1cc(C)cc(C)c1)c1ccccc1. The fourth-order valence-electron chi connectivity index (χ4n) is 3.23. The lowest BCUT2D eigenvalue weighted by Crippen LogP contribution is -2.27. The van der Waals surface area contributed by atoms with Gasteiger partial charge in [-0.05, 0) is 61.7 Å². The number of benzene rings is 3. The molecule has 1 amide bonds. The van der Waals surface area contributed by atoms with Gasteiger partial charge in [0.25, 0.3) is 5.91 Å². The molecule has 0 aliphatic carbocycles. The van der Waals surface area contributed by atoms with Crippen LogP contribution >= 0.6 is 0 Å². The lowest BCUT2D eigenvalue weighted by Gasteiger charge is -2.21. The number of aryl methyl sites for hydroxylation is 2. The van der Waals surface area contributed by atoms with Crippen molar-refractivity contribution in [3.63, 3.8) is 0 Å². The van der Waals surface area contributed by atoms with E-state index in [4.69, 9.17) is 4.74 Å². The van der Waals surface area contributed by atoms with E-state index in [9.17, 15) is 4.79 Å². The second kappa shape index (κ2) is 9.09. The van der Waals surface area contributed by atoms with Gasteiger partial charge in [-0.25, -0.2) is 0 Å². The van der Waals surface area contributed by atoms with Crippen LogP contribution in [-0.4, -0.2) is 12.5 Å². The number of carbonyl (C=O) groups excluding carboxylic acids is 1. The van der Waals surface area contributed by atoms with E-state index in [0.29, 0.717) is 18.0 Å². The predicted molar refractivity (Wildman–Crippen MR) is 115 cm³/mol. The minimum Gasteiger partial charge on any atom is -0.492 e. The number of carbonyl (C=O) groups is 1. The van der Waals surface area contributed by atoms with Gasteiger partial charge in [0, 0.05) is 5.69 Å². The van der Waals surface area contributed by atoms with Crippen molar-refractivity contribution >= 4 is 17.3 Å².